The fourth-order valence-corrected chi connectivity index (χ4v) is 2.92. The van der Waals surface area contributed by atoms with E-state index < -0.39 is 0 Å². The zero-order valence-corrected chi connectivity index (χ0v) is 10.0. The Hall–Kier alpha value is -0.550. The summed E-state index contributed by atoms with van der Waals surface area (Å²) in [5.41, 5.74) is 0. The van der Waals surface area contributed by atoms with E-state index in [0.29, 0.717) is 11.1 Å². The molecule has 0 saturated carbocycles. The average molecular weight is 227 g/mol. The highest BCUT2D eigenvalue weighted by Gasteiger charge is 2.24. The number of thioether (sulfide) groups is 1. The largest absolute Gasteiger partial charge is 0.338 e. The maximum absolute atomic E-state index is 5.25. The molecule has 0 spiro atoms. The second-order valence-electron chi connectivity index (χ2n) is 3.77. The van der Waals surface area contributed by atoms with Crippen LogP contribution in [-0.2, 0) is 0 Å². The topological polar surface area (TPSA) is 51.0 Å². The first-order valence-electron chi connectivity index (χ1n) is 5.49. The highest BCUT2D eigenvalue weighted by molar-refractivity contribution is 7.99. The molecule has 5 heteroatoms. The zero-order valence-electron chi connectivity index (χ0n) is 9.19. The number of nitrogens with one attached hydrogen (secondary N) is 1. The zero-order chi connectivity index (χ0) is 10.7. The summed E-state index contributed by atoms with van der Waals surface area (Å²) in [7, 11) is 0. The van der Waals surface area contributed by atoms with Crippen LogP contribution in [0.3, 0.4) is 0 Å². The summed E-state index contributed by atoms with van der Waals surface area (Å²) in [4.78, 5) is 4.45. The van der Waals surface area contributed by atoms with Gasteiger partial charge in [0.15, 0.2) is 5.82 Å². The van der Waals surface area contributed by atoms with Crippen molar-refractivity contribution in [3.05, 3.63) is 11.7 Å². The molecule has 15 heavy (non-hydrogen) atoms. The molecule has 1 aromatic rings. The molecule has 4 nitrogen and oxygen atoms in total. The Morgan fingerprint density at radius 1 is 1.67 bits per heavy atom. The number of hydrogen-bond donors (Lipinski definition) is 1. The van der Waals surface area contributed by atoms with Crippen LogP contribution in [0.4, 0.5) is 0 Å². The summed E-state index contributed by atoms with van der Waals surface area (Å²) in [5.74, 6) is 2.80. The molecule has 0 aliphatic carbocycles. The molecule has 2 rings (SSSR count). The van der Waals surface area contributed by atoms with Gasteiger partial charge in [0.2, 0.25) is 5.89 Å². The Balaban J connectivity index is 2.02. The predicted octanol–water partition coefficient (Wildman–Crippen LogP) is 2.31. The molecule has 2 unspecified atom stereocenters. The molecule has 1 aromatic heterocycles. The Bertz CT molecular complexity index is 309. The summed E-state index contributed by atoms with van der Waals surface area (Å²) in [5, 5.41) is 7.77. The van der Waals surface area contributed by atoms with Crippen molar-refractivity contribution >= 4 is 11.8 Å². The van der Waals surface area contributed by atoms with Gasteiger partial charge in [-0.15, -0.1) is 0 Å². The third kappa shape index (κ3) is 2.52. The molecule has 2 atom stereocenters. The van der Waals surface area contributed by atoms with Crippen molar-refractivity contribution in [1.29, 1.82) is 0 Å². The maximum atomic E-state index is 5.25. The minimum Gasteiger partial charge on any atom is -0.338 e. The number of rotatable bonds is 4. The van der Waals surface area contributed by atoms with Crippen LogP contribution < -0.4 is 5.32 Å². The van der Waals surface area contributed by atoms with Crippen LogP contribution in [0.25, 0.3) is 0 Å². The standard InChI is InChI=1S/C10H17N3OS/c1-3-11-7(2)10-12-9(13-14-10)8-5-4-6-15-8/h7-8,11H,3-6H2,1-2H3. The summed E-state index contributed by atoms with van der Waals surface area (Å²) < 4.78 is 5.25. The highest BCUT2D eigenvalue weighted by Crippen LogP contribution is 2.38. The van der Waals surface area contributed by atoms with E-state index in [0.717, 1.165) is 12.4 Å². The summed E-state index contributed by atoms with van der Waals surface area (Å²) >= 11 is 1.93. The van der Waals surface area contributed by atoms with E-state index in [2.05, 4.69) is 22.4 Å². The molecule has 2 heterocycles. The lowest BCUT2D eigenvalue weighted by molar-refractivity contribution is 0.338. The second-order valence-corrected chi connectivity index (χ2v) is 5.08. The van der Waals surface area contributed by atoms with Gasteiger partial charge in [0, 0.05) is 0 Å². The van der Waals surface area contributed by atoms with Crippen LogP contribution in [0.2, 0.25) is 0 Å². The van der Waals surface area contributed by atoms with Crippen molar-refractivity contribution in [2.24, 2.45) is 0 Å². The molecule has 1 saturated heterocycles. The van der Waals surface area contributed by atoms with E-state index in [1.54, 1.807) is 0 Å². The minimum atomic E-state index is 0.155. The fraction of sp³-hybridized carbons (Fsp3) is 0.800. The van der Waals surface area contributed by atoms with Crippen molar-refractivity contribution < 1.29 is 4.52 Å². The first-order chi connectivity index (χ1) is 7.31. The summed E-state index contributed by atoms with van der Waals surface area (Å²) in [6, 6.07) is 0.155. The lowest BCUT2D eigenvalue weighted by Crippen LogP contribution is -2.18. The van der Waals surface area contributed by atoms with E-state index in [4.69, 9.17) is 4.52 Å². The molecule has 0 amide bonds. The molecule has 0 bridgehead atoms. The molecule has 0 radical (unpaired) electrons. The quantitative estimate of drug-likeness (QED) is 0.855. The van der Waals surface area contributed by atoms with Crippen LogP contribution in [0.5, 0.6) is 0 Å². The molecule has 1 aliphatic heterocycles. The SMILES string of the molecule is CCNC(C)c1nc(C2CCCS2)no1. The van der Waals surface area contributed by atoms with Crippen molar-refractivity contribution in [3.8, 4) is 0 Å². The van der Waals surface area contributed by atoms with Crippen LogP contribution in [-0.4, -0.2) is 22.4 Å². The van der Waals surface area contributed by atoms with Gasteiger partial charge < -0.3 is 9.84 Å². The van der Waals surface area contributed by atoms with Crippen LogP contribution >= 0.6 is 11.8 Å². The fourth-order valence-electron chi connectivity index (χ4n) is 1.73. The molecule has 84 valence electrons. The van der Waals surface area contributed by atoms with Gasteiger partial charge in [0.05, 0.1) is 11.3 Å². The van der Waals surface area contributed by atoms with Crippen molar-refractivity contribution in [3.63, 3.8) is 0 Å². The van der Waals surface area contributed by atoms with E-state index in [1.807, 2.05) is 18.7 Å². The molecule has 1 fully saturated rings. The maximum Gasteiger partial charge on any atom is 0.243 e. The average Bonchev–Trinajstić information content (AvgIpc) is 2.89. The second kappa shape index (κ2) is 4.99. The number of nitrogens with zero attached hydrogens (tertiary/aromatic N) is 2. The van der Waals surface area contributed by atoms with Gasteiger partial charge in [-0.3, -0.25) is 0 Å². The first kappa shape index (κ1) is 11.0. The first-order valence-corrected chi connectivity index (χ1v) is 6.54. The predicted molar refractivity (Wildman–Crippen MR) is 60.8 cm³/mol. The van der Waals surface area contributed by atoms with E-state index >= 15 is 0 Å². The van der Waals surface area contributed by atoms with Gasteiger partial charge >= 0.3 is 0 Å². The van der Waals surface area contributed by atoms with Crippen LogP contribution in [0.1, 0.15) is 49.7 Å². The van der Waals surface area contributed by atoms with Gasteiger partial charge in [-0.25, -0.2) is 0 Å². The van der Waals surface area contributed by atoms with Crippen LogP contribution in [0.15, 0.2) is 4.52 Å². The number of hydrogen-bond acceptors (Lipinski definition) is 5. The van der Waals surface area contributed by atoms with Gasteiger partial charge in [-0.05, 0) is 32.1 Å². The van der Waals surface area contributed by atoms with Crippen molar-refractivity contribution in [1.82, 2.24) is 15.5 Å². The van der Waals surface area contributed by atoms with Gasteiger partial charge in [0.25, 0.3) is 0 Å². The van der Waals surface area contributed by atoms with Gasteiger partial charge in [-0.2, -0.15) is 16.7 Å². The van der Waals surface area contributed by atoms with E-state index in [9.17, 15) is 0 Å². The Labute approximate surface area is 94.2 Å². The Morgan fingerprint density at radius 3 is 3.20 bits per heavy atom. The highest BCUT2D eigenvalue weighted by atomic mass is 32.2. The smallest absolute Gasteiger partial charge is 0.243 e. The lowest BCUT2D eigenvalue weighted by atomic mass is 10.2. The third-order valence-electron chi connectivity index (χ3n) is 2.56. The van der Waals surface area contributed by atoms with Crippen molar-refractivity contribution in [2.75, 3.05) is 12.3 Å². The minimum absolute atomic E-state index is 0.155. The van der Waals surface area contributed by atoms with Crippen molar-refractivity contribution in [2.45, 2.75) is 38.0 Å². The van der Waals surface area contributed by atoms with E-state index in [-0.39, 0.29) is 6.04 Å². The number of aromatic nitrogens is 2. The normalized spacial score (nSPS) is 23.2. The third-order valence-corrected chi connectivity index (χ3v) is 3.93. The Morgan fingerprint density at radius 2 is 2.53 bits per heavy atom. The van der Waals surface area contributed by atoms with Crippen LogP contribution in [0, 0.1) is 0 Å². The molecular formula is C10H17N3OS. The monoisotopic (exact) mass is 227 g/mol. The van der Waals surface area contributed by atoms with E-state index in [1.165, 1.54) is 18.6 Å². The van der Waals surface area contributed by atoms with Gasteiger partial charge in [-0.1, -0.05) is 12.1 Å². The molecular weight excluding hydrogens is 210 g/mol. The molecule has 0 aromatic carbocycles. The lowest BCUT2D eigenvalue weighted by Gasteiger charge is -2.05. The molecule has 1 N–H and O–H groups in total. The Kier molecular flexibility index (Phi) is 3.64. The summed E-state index contributed by atoms with van der Waals surface area (Å²) in [6.45, 7) is 5.03. The van der Waals surface area contributed by atoms with Gasteiger partial charge in [0.1, 0.15) is 0 Å². The molecule has 1 aliphatic rings. The summed E-state index contributed by atoms with van der Waals surface area (Å²) in [6.07, 6.45) is 2.45.